The van der Waals surface area contributed by atoms with Crippen molar-refractivity contribution in [3.05, 3.63) is 56.6 Å². The van der Waals surface area contributed by atoms with Gasteiger partial charge in [0.25, 0.3) is 5.91 Å². The molecular formula is C18H16N2O3S2. The summed E-state index contributed by atoms with van der Waals surface area (Å²) in [6, 6.07) is 9.36. The van der Waals surface area contributed by atoms with Gasteiger partial charge in [0, 0.05) is 10.9 Å². The van der Waals surface area contributed by atoms with Gasteiger partial charge in [-0.15, -0.1) is 22.7 Å². The zero-order valence-corrected chi connectivity index (χ0v) is 15.6. The number of nitrogens with one attached hydrogen (secondary N) is 1. The second-order valence-electron chi connectivity index (χ2n) is 5.47. The minimum Gasteiger partial charge on any atom is -0.465 e. The number of hydrogen-bond donors (Lipinski definition) is 1. The smallest absolute Gasteiger partial charge is 0.348 e. The predicted octanol–water partition coefficient (Wildman–Crippen LogP) is 4.53. The Labute approximate surface area is 153 Å². The van der Waals surface area contributed by atoms with E-state index in [1.54, 1.807) is 12.1 Å². The molecule has 2 heterocycles. The molecular weight excluding hydrogens is 356 g/mol. The Morgan fingerprint density at radius 2 is 1.88 bits per heavy atom. The minimum atomic E-state index is -0.449. The van der Waals surface area contributed by atoms with Crippen molar-refractivity contribution in [2.75, 3.05) is 12.4 Å². The highest BCUT2D eigenvalue weighted by Crippen LogP contribution is 2.28. The van der Waals surface area contributed by atoms with Crippen molar-refractivity contribution in [2.24, 2.45) is 0 Å². The van der Waals surface area contributed by atoms with E-state index in [0.717, 1.165) is 28.2 Å². The normalized spacial score (nSPS) is 10.5. The summed E-state index contributed by atoms with van der Waals surface area (Å²) in [5, 5.41) is 5.22. The molecule has 0 atom stereocenters. The molecule has 0 aliphatic carbocycles. The Morgan fingerprint density at radius 3 is 2.60 bits per heavy atom. The van der Waals surface area contributed by atoms with Crippen molar-refractivity contribution < 1.29 is 14.3 Å². The fourth-order valence-corrected chi connectivity index (χ4v) is 3.91. The van der Waals surface area contributed by atoms with Gasteiger partial charge in [0.2, 0.25) is 0 Å². The molecule has 3 rings (SSSR count). The number of ether oxygens (including phenoxy) is 1. The first-order valence-corrected chi connectivity index (χ1v) is 9.20. The van der Waals surface area contributed by atoms with Crippen LogP contribution < -0.4 is 5.32 Å². The number of esters is 1. The quantitative estimate of drug-likeness (QED) is 0.683. The average Bonchev–Trinajstić information content (AvgIpc) is 3.23. The summed E-state index contributed by atoms with van der Waals surface area (Å²) in [5.74, 6) is -0.739. The number of hydrogen-bond acceptors (Lipinski definition) is 6. The molecule has 1 N–H and O–H groups in total. The second kappa shape index (κ2) is 7.16. The minimum absolute atomic E-state index is 0.290. The van der Waals surface area contributed by atoms with Crippen molar-refractivity contribution >= 4 is 39.7 Å². The van der Waals surface area contributed by atoms with Crippen molar-refractivity contribution in [1.29, 1.82) is 0 Å². The lowest BCUT2D eigenvalue weighted by molar-refractivity contribution is 0.0606. The number of rotatable bonds is 4. The SMILES string of the molecule is COC(=O)c1ccc(C(=O)Nc2nc(-c3ccc(C)cc3C)cs2)s1. The van der Waals surface area contributed by atoms with Crippen LogP contribution in [0, 0.1) is 13.8 Å². The van der Waals surface area contributed by atoms with E-state index in [0.29, 0.717) is 14.9 Å². The molecule has 7 heteroatoms. The number of benzene rings is 1. The molecule has 1 aromatic carbocycles. The Hall–Kier alpha value is -2.51. The van der Waals surface area contributed by atoms with E-state index in [1.165, 1.54) is 24.0 Å². The van der Waals surface area contributed by atoms with E-state index in [2.05, 4.69) is 21.1 Å². The Kier molecular flexibility index (Phi) is 4.96. The summed E-state index contributed by atoms with van der Waals surface area (Å²) in [6.07, 6.45) is 0. The molecule has 0 spiro atoms. The lowest BCUT2D eigenvalue weighted by Crippen LogP contribution is -2.09. The summed E-state index contributed by atoms with van der Waals surface area (Å²) in [6.45, 7) is 4.09. The molecule has 0 fully saturated rings. The molecule has 0 radical (unpaired) electrons. The Bertz CT molecular complexity index is 943. The number of aromatic nitrogens is 1. The lowest BCUT2D eigenvalue weighted by atomic mass is 10.0. The maximum Gasteiger partial charge on any atom is 0.348 e. The van der Waals surface area contributed by atoms with E-state index < -0.39 is 5.97 Å². The third-order valence-corrected chi connectivity index (χ3v) is 5.42. The van der Waals surface area contributed by atoms with Crippen LogP contribution in [0.4, 0.5) is 5.13 Å². The number of anilines is 1. The van der Waals surface area contributed by atoms with Gasteiger partial charge in [-0.3, -0.25) is 10.1 Å². The maximum absolute atomic E-state index is 12.3. The van der Waals surface area contributed by atoms with Crippen LogP contribution in [-0.4, -0.2) is 24.0 Å². The Balaban J connectivity index is 1.76. The van der Waals surface area contributed by atoms with Gasteiger partial charge in [-0.2, -0.15) is 0 Å². The maximum atomic E-state index is 12.3. The average molecular weight is 372 g/mol. The molecule has 25 heavy (non-hydrogen) atoms. The molecule has 0 aliphatic heterocycles. The predicted molar refractivity (Wildman–Crippen MR) is 101 cm³/mol. The van der Waals surface area contributed by atoms with Crippen molar-refractivity contribution in [1.82, 2.24) is 4.98 Å². The van der Waals surface area contributed by atoms with Crippen LogP contribution >= 0.6 is 22.7 Å². The Morgan fingerprint density at radius 1 is 1.12 bits per heavy atom. The molecule has 0 saturated heterocycles. The fraction of sp³-hybridized carbons (Fsp3) is 0.167. The number of thiazole rings is 1. The third kappa shape index (κ3) is 3.78. The van der Waals surface area contributed by atoms with Gasteiger partial charge in [-0.25, -0.2) is 9.78 Å². The summed E-state index contributed by atoms with van der Waals surface area (Å²) >= 11 is 2.46. The van der Waals surface area contributed by atoms with Crippen LogP contribution in [0.25, 0.3) is 11.3 Å². The molecule has 0 aliphatic rings. The number of methoxy groups -OCH3 is 1. The summed E-state index contributed by atoms with van der Waals surface area (Å²) < 4.78 is 4.65. The molecule has 0 bridgehead atoms. The summed E-state index contributed by atoms with van der Waals surface area (Å²) in [5.41, 5.74) is 4.22. The highest BCUT2D eigenvalue weighted by atomic mass is 32.1. The van der Waals surface area contributed by atoms with E-state index in [-0.39, 0.29) is 5.91 Å². The van der Waals surface area contributed by atoms with Crippen LogP contribution in [0.3, 0.4) is 0 Å². The number of nitrogens with zero attached hydrogens (tertiary/aromatic N) is 1. The van der Waals surface area contributed by atoms with Gasteiger partial charge < -0.3 is 4.74 Å². The van der Waals surface area contributed by atoms with Crippen LogP contribution in [0.5, 0.6) is 0 Å². The molecule has 128 valence electrons. The monoisotopic (exact) mass is 372 g/mol. The number of amides is 1. The van der Waals surface area contributed by atoms with Crippen LogP contribution in [0.2, 0.25) is 0 Å². The number of thiophene rings is 1. The fourth-order valence-electron chi connectivity index (χ4n) is 2.38. The molecule has 1 amide bonds. The van der Waals surface area contributed by atoms with Gasteiger partial charge in [0.15, 0.2) is 5.13 Å². The first kappa shape index (κ1) is 17.3. The number of carbonyl (C=O) groups is 2. The standard InChI is InChI=1S/C18H16N2O3S2/c1-10-4-5-12(11(2)8-10)13-9-24-18(19-13)20-16(21)14-6-7-15(25-14)17(22)23-3/h4-9H,1-3H3,(H,19,20,21). The van der Waals surface area contributed by atoms with Gasteiger partial charge in [0.05, 0.1) is 17.7 Å². The van der Waals surface area contributed by atoms with Crippen LogP contribution in [-0.2, 0) is 4.74 Å². The van der Waals surface area contributed by atoms with Crippen molar-refractivity contribution in [3.63, 3.8) is 0 Å². The highest BCUT2D eigenvalue weighted by Gasteiger charge is 2.16. The third-order valence-electron chi connectivity index (χ3n) is 3.60. The lowest BCUT2D eigenvalue weighted by Gasteiger charge is -2.03. The molecule has 2 aromatic heterocycles. The topological polar surface area (TPSA) is 68.3 Å². The van der Waals surface area contributed by atoms with Crippen LogP contribution in [0.1, 0.15) is 30.5 Å². The van der Waals surface area contributed by atoms with Crippen LogP contribution in [0.15, 0.2) is 35.7 Å². The zero-order valence-electron chi connectivity index (χ0n) is 14.0. The first-order chi connectivity index (χ1) is 12.0. The van der Waals surface area contributed by atoms with E-state index in [1.807, 2.05) is 31.4 Å². The zero-order chi connectivity index (χ0) is 18.0. The van der Waals surface area contributed by atoms with E-state index >= 15 is 0 Å². The van der Waals surface area contributed by atoms with Crippen molar-refractivity contribution in [2.45, 2.75) is 13.8 Å². The van der Waals surface area contributed by atoms with Gasteiger partial charge in [-0.1, -0.05) is 23.8 Å². The van der Waals surface area contributed by atoms with Crippen molar-refractivity contribution in [3.8, 4) is 11.3 Å². The second-order valence-corrected chi connectivity index (χ2v) is 7.41. The molecule has 5 nitrogen and oxygen atoms in total. The number of carbonyl (C=O) groups excluding carboxylic acids is 2. The number of aryl methyl sites for hydroxylation is 2. The van der Waals surface area contributed by atoms with Gasteiger partial charge in [0.1, 0.15) is 4.88 Å². The molecule has 0 saturated carbocycles. The highest BCUT2D eigenvalue weighted by molar-refractivity contribution is 7.16. The molecule has 3 aromatic rings. The van der Waals surface area contributed by atoms with E-state index in [9.17, 15) is 9.59 Å². The van der Waals surface area contributed by atoms with Gasteiger partial charge >= 0.3 is 5.97 Å². The van der Waals surface area contributed by atoms with E-state index in [4.69, 9.17) is 0 Å². The molecule has 0 unspecified atom stereocenters. The first-order valence-electron chi connectivity index (χ1n) is 7.50. The van der Waals surface area contributed by atoms with Gasteiger partial charge in [-0.05, 0) is 31.5 Å². The largest absolute Gasteiger partial charge is 0.465 e. The summed E-state index contributed by atoms with van der Waals surface area (Å²) in [4.78, 5) is 29.1. The summed E-state index contributed by atoms with van der Waals surface area (Å²) in [7, 11) is 1.31.